The summed E-state index contributed by atoms with van der Waals surface area (Å²) in [5.74, 6) is 5.79. The maximum Gasteiger partial charge on any atom is 0.0128 e. The summed E-state index contributed by atoms with van der Waals surface area (Å²) in [6.07, 6.45) is 28.8. The van der Waals surface area contributed by atoms with Crippen LogP contribution in [0.15, 0.2) is 0 Å². The van der Waals surface area contributed by atoms with E-state index in [9.17, 15) is 0 Å². The van der Waals surface area contributed by atoms with Gasteiger partial charge in [0.15, 0.2) is 0 Å². The highest BCUT2D eigenvalue weighted by atomic mass is 15.4. The zero-order valence-corrected chi connectivity index (χ0v) is 18.6. The zero-order chi connectivity index (χ0) is 19.1. The number of nitrogens with zero attached hydrogens (tertiary/aromatic N) is 1. The van der Waals surface area contributed by atoms with E-state index in [0.29, 0.717) is 0 Å². The first-order chi connectivity index (χ1) is 12.8. The standard InChI is InChI=1S/C24H52N2/c1-3-5-6-7-8-9-10-11-12-13-14-15-16-17-18-19-20-21-22-23-24-26(25)4-2/h3-25H2,1-2H3. The lowest BCUT2D eigenvalue weighted by atomic mass is 10.0. The zero-order valence-electron chi connectivity index (χ0n) is 18.6. The molecular formula is C24H52N2. The molecule has 0 rings (SSSR count). The number of hydrogen-bond donors (Lipinski definition) is 1. The van der Waals surface area contributed by atoms with Crippen molar-refractivity contribution in [1.29, 1.82) is 0 Å². The van der Waals surface area contributed by atoms with E-state index in [1.165, 1.54) is 128 Å². The lowest BCUT2D eigenvalue weighted by molar-refractivity contribution is 0.290. The normalized spacial score (nSPS) is 11.5. The van der Waals surface area contributed by atoms with Gasteiger partial charge in [0.1, 0.15) is 0 Å². The minimum Gasteiger partial charge on any atom is -0.269 e. The third-order valence-electron chi connectivity index (χ3n) is 5.71. The third kappa shape index (κ3) is 22.0. The second-order valence-corrected chi connectivity index (χ2v) is 8.35. The Balaban J connectivity index is 2.99. The molecule has 0 aliphatic carbocycles. The first kappa shape index (κ1) is 25.9. The Hall–Kier alpha value is -0.0800. The van der Waals surface area contributed by atoms with Crippen molar-refractivity contribution in [2.75, 3.05) is 13.1 Å². The maximum atomic E-state index is 5.79. The fourth-order valence-corrected chi connectivity index (χ4v) is 3.73. The van der Waals surface area contributed by atoms with Crippen molar-refractivity contribution in [3.63, 3.8) is 0 Å². The quantitative estimate of drug-likeness (QED) is 0.119. The molecule has 0 fully saturated rings. The molecule has 0 heterocycles. The molecule has 0 radical (unpaired) electrons. The molecule has 0 saturated carbocycles. The minimum absolute atomic E-state index is 0.971. The number of hydrazine groups is 1. The van der Waals surface area contributed by atoms with E-state index in [1.54, 1.807) is 0 Å². The van der Waals surface area contributed by atoms with Crippen LogP contribution in [0.1, 0.15) is 142 Å². The molecule has 26 heavy (non-hydrogen) atoms. The highest BCUT2D eigenvalue weighted by Gasteiger charge is 1.96. The fourth-order valence-electron chi connectivity index (χ4n) is 3.73. The van der Waals surface area contributed by atoms with Crippen LogP contribution in [0.4, 0.5) is 0 Å². The predicted octanol–water partition coefficient (Wildman–Crippen LogP) is 8.00. The van der Waals surface area contributed by atoms with Crippen molar-refractivity contribution in [2.45, 2.75) is 142 Å². The Bertz CT molecular complexity index is 242. The second-order valence-electron chi connectivity index (χ2n) is 8.35. The van der Waals surface area contributed by atoms with Crippen LogP contribution < -0.4 is 5.84 Å². The van der Waals surface area contributed by atoms with E-state index in [0.717, 1.165) is 13.1 Å². The molecule has 0 aliphatic heterocycles. The molecule has 0 aromatic heterocycles. The van der Waals surface area contributed by atoms with Crippen molar-refractivity contribution in [3.8, 4) is 0 Å². The summed E-state index contributed by atoms with van der Waals surface area (Å²) in [4.78, 5) is 0. The topological polar surface area (TPSA) is 29.3 Å². The summed E-state index contributed by atoms with van der Waals surface area (Å²) in [6, 6.07) is 0. The summed E-state index contributed by atoms with van der Waals surface area (Å²) < 4.78 is 0. The molecule has 2 heteroatoms. The van der Waals surface area contributed by atoms with Crippen molar-refractivity contribution >= 4 is 0 Å². The van der Waals surface area contributed by atoms with Crippen LogP contribution in [-0.2, 0) is 0 Å². The van der Waals surface area contributed by atoms with Gasteiger partial charge in [0.25, 0.3) is 0 Å². The minimum atomic E-state index is 0.971. The molecule has 0 aliphatic rings. The largest absolute Gasteiger partial charge is 0.269 e. The molecule has 0 saturated heterocycles. The van der Waals surface area contributed by atoms with E-state index >= 15 is 0 Å². The summed E-state index contributed by atoms with van der Waals surface area (Å²) in [6.45, 7) is 6.46. The van der Waals surface area contributed by atoms with Gasteiger partial charge in [-0.15, -0.1) is 0 Å². The number of hydrogen-bond acceptors (Lipinski definition) is 2. The average molecular weight is 369 g/mol. The monoisotopic (exact) mass is 368 g/mol. The van der Waals surface area contributed by atoms with Crippen molar-refractivity contribution in [2.24, 2.45) is 5.84 Å². The van der Waals surface area contributed by atoms with Gasteiger partial charge >= 0.3 is 0 Å². The first-order valence-electron chi connectivity index (χ1n) is 12.3. The molecule has 2 N–H and O–H groups in total. The van der Waals surface area contributed by atoms with Gasteiger partial charge in [-0.1, -0.05) is 136 Å². The third-order valence-corrected chi connectivity index (χ3v) is 5.71. The molecular weight excluding hydrogens is 316 g/mol. The highest BCUT2D eigenvalue weighted by Crippen LogP contribution is 2.14. The van der Waals surface area contributed by atoms with Crippen molar-refractivity contribution in [1.82, 2.24) is 5.01 Å². The lowest BCUT2D eigenvalue weighted by Gasteiger charge is -2.12. The number of rotatable bonds is 22. The summed E-state index contributed by atoms with van der Waals surface area (Å²) in [5.41, 5.74) is 0. The Morgan fingerprint density at radius 3 is 0.962 bits per heavy atom. The van der Waals surface area contributed by atoms with Gasteiger partial charge in [-0.05, 0) is 6.42 Å². The van der Waals surface area contributed by atoms with Crippen LogP contribution in [0.2, 0.25) is 0 Å². The number of nitrogens with two attached hydrogens (primary N) is 1. The summed E-state index contributed by atoms with van der Waals surface area (Å²) in [5, 5.41) is 1.93. The van der Waals surface area contributed by atoms with Gasteiger partial charge in [0, 0.05) is 13.1 Å². The Labute approximate surface area is 166 Å². The van der Waals surface area contributed by atoms with E-state index in [2.05, 4.69) is 13.8 Å². The smallest absolute Gasteiger partial charge is 0.0128 e. The van der Waals surface area contributed by atoms with Gasteiger partial charge in [0.2, 0.25) is 0 Å². The molecule has 0 amide bonds. The Morgan fingerprint density at radius 2 is 0.692 bits per heavy atom. The predicted molar refractivity (Wildman–Crippen MR) is 119 cm³/mol. The van der Waals surface area contributed by atoms with Crippen LogP contribution in [-0.4, -0.2) is 18.1 Å². The van der Waals surface area contributed by atoms with Crippen LogP contribution in [0.5, 0.6) is 0 Å². The van der Waals surface area contributed by atoms with Gasteiger partial charge in [0.05, 0.1) is 0 Å². The maximum absolute atomic E-state index is 5.79. The fraction of sp³-hybridized carbons (Fsp3) is 1.00. The van der Waals surface area contributed by atoms with Crippen LogP contribution in [0.3, 0.4) is 0 Å². The van der Waals surface area contributed by atoms with E-state index in [-0.39, 0.29) is 0 Å². The molecule has 0 unspecified atom stereocenters. The van der Waals surface area contributed by atoms with Gasteiger partial charge in [-0.2, -0.15) is 0 Å². The van der Waals surface area contributed by atoms with Crippen LogP contribution in [0, 0.1) is 0 Å². The van der Waals surface area contributed by atoms with Gasteiger partial charge < -0.3 is 0 Å². The van der Waals surface area contributed by atoms with Crippen molar-refractivity contribution in [3.05, 3.63) is 0 Å². The molecule has 0 atom stereocenters. The van der Waals surface area contributed by atoms with E-state index in [1.807, 2.05) is 5.01 Å². The second kappa shape index (κ2) is 23.0. The molecule has 0 spiro atoms. The SMILES string of the molecule is CCCCCCCCCCCCCCCCCCCCCCN(N)CC. The van der Waals surface area contributed by atoms with Gasteiger partial charge in [-0.3, -0.25) is 5.84 Å². The van der Waals surface area contributed by atoms with Crippen LogP contribution >= 0.6 is 0 Å². The molecule has 2 nitrogen and oxygen atoms in total. The molecule has 0 bridgehead atoms. The van der Waals surface area contributed by atoms with Gasteiger partial charge in [-0.25, -0.2) is 5.01 Å². The molecule has 158 valence electrons. The van der Waals surface area contributed by atoms with E-state index < -0.39 is 0 Å². The Morgan fingerprint density at radius 1 is 0.423 bits per heavy atom. The molecule has 0 aromatic carbocycles. The summed E-state index contributed by atoms with van der Waals surface area (Å²) in [7, 11) is 0. The molecule has 0 aromatic rings. The number of unbranched alkanes of at least 4 members (excludes halogenated alkanes) is 19. The average Bonchev–Trinajstić information content (AvgIpc) is 2.66. The summed E-state index contributed by atoms with van der Waals surface area (Å²) >= 11 is 0. The lowest BCUT2D eigenvalue weighted by Crippen LogP contribution is -2.31. The van der Waals surface area contributed by atoms with Crippen LogP contribution in [0.25, 0.3) is 0 Å². The van der Waals surface area contributed by atoms with Crippen molar-refractivity contribution < 1.29 is 0 Å². The Kier molecular flexibility index (Phi) is 22.9. The van der Waals surface area contributed by atoms with E-state index in [4.69, 9.17) is 5.84 Å². The highest BCUT2D eigenvalue weighted by molar-refractivity contribution is 4.51. The first-order valence-corrected chi connectivity index (χ1v) is 12.3.